The minimum atomic E-state index is -4.52. The fourth-order valence-corrected chi connectivity index (χ4v) is 3.96. The molecule has 184 valence electrons. The van der Waals surface area contributed by atoms with Crippen molar-refractivity contribution in [3.8, 4) is 0 Å². The van der Waals surface area contributed by atoms with Gasteiger partial charge in [0.25, 0.3) is 0 Å². The predicted molar refractivity (Wildman–Crippen MR) is 112 cm³/mol. The number of anilines is 1. The molecule has 3 unspecified atom stereocenters. The Morgan fingerprint density at radius 3 is 2.35 bits per heavy atom. The van der Waals surface area contributed by atoms with E-state index in [1.165, 1.54) is 4.90 Å². The van der Waals surface area contributed by atoms with Gasteiger partial charge in [-0.15, -0.1) is 0 Å². The molecule has 2 saturated heterocycles. The molecule has 3 rings (SSSR count). The Balaban J connectivity index is 1.68. The Morgan fingerprint density at radius 2 is 1.79 bits per heavy atom. The lowest BCUT2D eigenvalue weighted by Crippen LogP contribution is -2.56. The molecule has 2 aliphatic heterocycles. The number of hydrogen-bond acceptors (Lipinski definition) is 5. The molecule has 34 heavy (non-hydrogen) atoms. The van der Waals surface area contributed by atoms with E-state index < -0.39 is 59.9 Å². The second-order valence-corrected chi connectivity index (χ2v) is 8.14. The van der Waals surface area contributed by atoms with Crippen molar-refractivity contribution in [2.45, 2.75) is 56.4 Å². The van der Waals surface area contributed by atoms with E-state index in [-0.39, 0.29) is 37.4 Å². The summed E-state index contributed by atoms with van der Waals surface area (Å²) in [5.74, 6) is -3.11. The van der Waals surface area contributed by atoms with Crippen LogP contribution in [0.1, 0.15) is 37.7 Å². The van der Waals surface area contributed by atoms with Crippen LogP contribution in [0.3, 0.4) is 0 Å². The van der Waals surface area contributed by atoms with Gasteiger partial charge in [0.1, 0.15) is 18.1 Å². The number of halogens is 3. The van der Waals surface area contributed by atoms with Crippen molar-refractivity contribution in [1.29, 1.82) is 0 Å². The van der Waals surface area contributed by atoms with Gasteiger partial charge in [0.2, 0.25) is 29.5 Å². The molecular formula is C21H24F3N5O5. The molecule has 1 aromatic rings. The molecule has 1 aromatic carbocycles. The van der Waals surface area contributed by atoms with E-state index in [9.17, 15) is 37.1 Å². The fourth-order valence-electron chi connectivity index (χ4n) is 3.96. The summed E-state index contributed by atoms with van der Waals surface area (Å²) in [6.45, 7) is 0.176. The first kappa shape index (κ1) is 25.0. The van der Waals surface area contributed by atoms with Crippen LogP contribution in [0.4, 0.5) is 18.9 Å². The molecule has 0 radical (unpaired) electrons. The summed E-state index contributed by atoms with van der Waals surface area (Å²) in [4.78, 5) is 62.4. The zero-order valence-corrected chi connectivity index (χ0v) is 18.0. The summed E-state index contributed by atoms with van der Waals surface area (Å²) in [5, 5.41) is 7.39. The zero-order valence-electron chi connectivity index (χ0n) is 18.0. The van der Waals surface area contributed by atoms with E-state index in [2.05, 4.69) is 16.0 Å². The third kappa shape index (κ3) is 6.02. The van der Waals surface area contributed by atoms with Gasteiger partial charge < -0.3 is 26.6 Å². The minimum Gasteiger partial charge on any atom is -0.370 e. The number of primary amides is 1. The van der Waals surface area contributed by atoms with Crippen molar-refractivity contribution >= 4 is 35.2 Å². The molecule has 0 bridgehead atoms. The van der Waals surface area contributed by atoms with Gasteiger partial charge in [-0.05, 0) is 43.5 Å². The van der Waals surface area contributed by atoms with Crippen LogP contribution in [0.25, 0.3) is 0 Å². The average Bonchev–Trinajstić information content (AvgIpc) is 3.41. The van der Waals surface area contributed by atoms with E-state index in [0.29, 0.717) is 6.42 Å². The van der Waals surface area contributed by atoms with Crippen LogP contribution in [0.15, 0.2) is 24.3 Å². The number of benzene rings is 1. The summed E-state index contributed by atoms with van der Waals surface area (Å²) in [7, 11) is 0. The number of likely N-dealkylation sites (tertiary alicyclic amines) is 1. The van der Waals surface area contributed by atoms with Crippen LogP contribution in [0.2, 0.25) is 0 Å². The van der Waals surface area contributed by atoms with Crippen molar-refractivity contribution in [3.05, 3.63) is 29.8 Å². The van der Waals surface area contributed by atoms with Crippen LogP contribution >= 0.6 is 0 Å². The first-order valence-electron chi connectivity index (χ1n) is 10.6. The van der Waals surface area contributed by atoms with Crippen molar-refractivity contribution < 1.29 is 37.1 Å². The molecule has 13 heteroatoms. The summed E-state index contributed by atoms with van der Waals surface area (Å²) in [6.07, 6.45) is -3.87. The topological polar surface area (TPSA) is 151 Å². The molecule has 0 aliphatic carbocycles. The maximum Gasteiger partial charge on any atom is 0.416 e. The van der Waals surface area contributed by atoms with E-state index in [4.69, 9.17) is 5.73 Å². The lowest BCUT2D eigenvalue weighted by molar-refractivity contribution is -0.141. The lowest BCUT2D eigenvalue weighted by atomic mass is 10.1. The number of hydrogen-bond donors (Lipinski definition) is 4. The van der Waals surface area contributed by atoms with Gasteiger partial charge in [-0.1, -0.05) is 0 Å². The summed E-state index contributed by atoms with van der Waals surface area (Å²) < 4.78 is 38.2. The third-order valence-corrected chi connectivity index (χ3v) is 5.65. The molecule has 5 N–H and O–H groups in total. The highest BCUT2D eigenvalue weighted by Gasteiger charge is 2.39. The highest BCUT2D eigenvalue weighted by molar-refractivity contribution is 6.00. The normalized spacial score (nSPS) is 21.0. The number of nitrogens with zero attached hydrogens (tertiary/aromatic N) is 1. The average molecular weight is 483 g/mol. The van der Waals surface area contributed by atoms with E-state index >= 15 is 0 Å². The number of alkyl halides is 3. The largest absolute Gasteiger partial charge is 0.416 e. The number of carbonyl (C=O) groups excluding carboxylic acids is 5. The van der Waals surface area contributed by atoms with Gasteiger partial charge in [-0.2, -0.15) is 13.2 Å². The highest BCUT2D eigenvalue weighted by Crippen LogP contribution is 2.30. The lowest BCUT2D eigenvalue weighted by Gasteiger charge is -2.29. The van der Waals surface area contributed by atoms with E-state index in [0.717, 1.165) is 24.3 Å². The summed E-state index contributed by atoms with van der Waals surface area (Å²) >= 11 is 0. The van der Waals surface area contributed by atoms with Crippen molar-refractivity contribution in [2.75, 3.05) is 11.9 Å². The zero-order chi connectivity index (χ0) is 25.0. The Labute approximate surface area is 192 Å². The molecule has 0 spiro atoms. The molecule has 2 heterocycles. The Hall–Kier alpha value is -3.64. The Kier molecular flexibility index (Phi) is 7.42. The van der Waals surface area contributed by atoms with Gasteiger partial charge in [0.05, 0.1) is 12.0 Å². The van der Waals surface area contributed by atoms with Crippen molar-refractivity contribution in [1.82, 2.24) is 15.5 Å². The van der Waals surface area contributed by atoms with Crippen molar-refractivity contribution in [3.63, 3.8) is 0 Å². The third-order valence-electron chi connectivity index (χ3n) is 5.65. The number of nitrogens with one attached hydrogen (secondary N) is 3. The van der Waals surface area contributed by atoms with Gasteiger partial charge in [0.15, 0.2) is 0 Å². The molecule has 0 aromatic heterocycles. The smallest absolute Gasteiger partial charge is 0.370 e. The van der Waals surface area contributed by atoms with Gasteiger partial charge >= 0.3 is 6.18 Å². The quantitative estimate of drug-likeness (QED) is 0.439. The number of carbonyl (C=O) groups is 5. The Morgan fingerprint density at radius 1 is 1.12 bits per heavy atom. The first-order valence-corrected chi connectivity index (χ1v) is 10.6. The second-order valence-electron chi connectivity index (χ2n) is 8.14. The molecule has 2 fully saturated rings. The molecule has 2 aliphatic rings. The highest BCUT2D eigenvalue weighted by atomic mass is 19.4. The van der Waals surface area contributed by atoms with Crippen LogP contribution in [-0.2, 0) is 30.1 Å². The molecule has 10 nitrogen and oxygen atoms in total. The van der Waals surface area contributed by atoms with Crippen LogP contribution < -0.4 is 21.7 Å². The number of nitrogens with two attached hydrogens (primary N) is 1. The first-order chi connectivity index (χ1) is 16.0. The minimum absolute atomic E-state index is 0.122. The standard InChI is InChI=1S/C21H24F3N5O5/c22-21(23,24)11-3-5-12(6-4-11)26-19(33)15-2-1-9-29(15)20(34)14(10-16(25)30)28-18(32)13-7-8-17(31)27-13/h3-6,13-15H,1-2,7-10H2,(H2,25,30)(H,26,33)(H,27,31)(H,28,32). The van der Waals surface area contributed by atoms with Gasteiger partial charge in [-0.3, -0.25) is 24.0 Å². The fraction of sp³-hybridized carbons (Fsp3) is 0.476. The maximum atomic E-state index is 13.1. The van der Waals surface area contributed by atoms with Crippen LogP contribution in [0, 0.1) is 0 Å². The maximum absolute atomic E-state index is 13.1. The van der Waals surface area contributed by atoms with Gasteiger partial charge in [-0.25, -0.2) is 0 Å². The second kappa shape index (κ2) is 10.1. The summed E-state index contributed by atoms with van der Waals surface area (Å²) in [5.41, 5.74) is 4.48. The van der Waals surface area contributed by atoms with E-state index in [1.54, 1.807) is 0 Å². The van der Waals surface area contributed by atoms with Gasteiger partial charge in [0, 0.05) is 18.7 Å². The molecule has 3 atom stereocenters. The molecule has 5 amide bonds. The van der Waals surface area contributed by atoms with Crippen molar-refractivity contribution in [2.24, 2.45) is 5.73 Å². The predicted octanol–water partition coefficient (Wildman–Crippen LogP) is 0.274. The summed E-state index contributed by atoms with van der Waals surface area (Å²) in [6, 6.07) is 0.742. The SMILES string of the molecule is NC(=O)CC(NC(=O)C1CCC(=O)N1)C(=O)N1CCCC1C(=O)Nc1ccc(C(F)(F)F)cc1. The molecule has 0 saturated carbocycles. The number of rotatable bonds is 7. The number of amides is 5. The van der Waals surface area contributed by atoms with Crippen LogP contribution in [0.5, 0.6) is 0 Å². The molecular weight excluding hydrogens is 459 g/mol. The Bertz CT molecular complexity index is 982. The van der Waals surface area contributed by atoms with E-state index in [1.807, 2.05) is 0 Å². The van der Waals surface area contributed by atoms with Crippen LogP contribution in [-0.4, -0.2) is 59.1 Å². The monoisotopic (exact) mass is 483 g/mol.